The second-order valence-electron chi connectivity index (χ2n) is 2.29. The number of aromatic amines is 1. The lowest BCUT2D eigenvalue weighted by Crippen LogP contribution is -1.94. The van der Waals surface area contributed by atoms with Gasteiger partial charge in [-0.2, -0.15) is 15.4 Å². The largest absolute Gasteiger partial charge is 0.287 e. The number of aryl methyl sites for hydroxylation is 1. The van der Waals surface area contributed by atoms with E-state index in [4.69, 9.17) is 0 Å². The third-order valence-electron chi connectivity index (χ3n) is 1.37. The van der Waals surface area contributed by atoms with Crippen molar-refractivity contribution in [3.63, 3.8) is 0 Å². The van der Waals surface area contributed by atoms with Crippen LogP contribution in [0.4, 0.5) is 0 Å². The van der Waals surface area contributed by atoms with Crippen LogP contribution in [0.1, 0.15) is 19.0 Å². The van der Waals surface area contributed by atoms with E-state index >= 15 is 0 Å². The lowest BCUT2D eigenvalue weighted by molar-refractivity contribution is -0.110. The van der Waals surface area contributed by atoms with Crippen LogP contribution in [0.3, 0.4) is 0 Å². The minimum absolute atomic E-state index is 0.235. The molecule has 1 heterocycles. The molecule has 5 heteroatoms. The predicted molar refractivity (Wildman–Crippen MR) is 47.8 cm³/mol. The molecular weight excluding hydrogens is 174 g/mol. The van der Waals surface area contributed by atoms with Gasteiger partial charge in [-0.15, -0.1) is 0 Å². The van der Waals surface area contributed by atoms with Crippen LogP contribution in [0.5, 0.6) is 0 Å². The zero-order valence-electron chi connectivity index (χ0n) is 6.91. The Bertz CT molecular complexity index is 235. The molecule has 0 spiro atoms. The van der Waals surface area contributed by atoms with E-state index in [-0.39, 0.29) is 5.12 Å². The van der Waals surface area contributed by atoms with Gasteiger partial charge in [0.15, 0.2) is 5.12 Å². The smallest absolute Gasteiger partial charge is 0.188 e. The van der Waals surface area contributed by atoms with Gasteiger partial charge in [0, 0.05) is 18.6 Å². The van der Waals surface area contributed by atoms with Crippen LogP contribution in [0, 0.1) is 0 Å². The van der Waals surface area contributed by atoms with Crippen LogP contribution in [-0.4, -0.2) is 26.3 Å². The van der Waals surface area contributed by atoms with Crippen LogP contribution in [-0.2, 0) is 11.2 Å². The van der Waals surface area contributed by atoms with Gasteiger partial charge in [0.1, 0.15) is 0 Å². The highest BCUT2D eigenvalue weighted by atomic mass is 32.2. The first kappa shape index (κ1) is 9.25. The number of rotatable bonds is 4. The van der Waals surface area contributed by atoms with Crippen molar-refractivity contribution in [1.82, 2.24) is 15.4 Å². The van der Waals surface area contributed by atoms with E-state index in [1.165, 1.54) is 11.8 Å². The molecule has 1 N–H and O–H groups in total. The molecule has 0 fully saturated rings. The molecule has 1 aromatic rings. The predicted octanol–water partition coefficient (Wildman–Crippen LogP) is 1.02. The number of hydrogen-bond acceptors (Lipinski definition) is 4. The first-order chi connectivity index (χ1) is 5.83. The number of thioether (sulfide) groups is 1. The van der Waals surface area contributed by atoms with E-state index in [1.54, 1.807) is 6.20 Å². The molecule has 0 bridgehead atoms. The standard InChI is InChI=1S/C7H11N3OS/c1-2-7(11)12-4-3-6-5-8-10-9-6/h5H,2-4H2,1H3,(H,8,9,10). The van der Waals surface area contributed by atoms with Gasteiger partial charge >= 0.3 is 0 Å². The third-order valence-corrected chi connectivity index (χ3v) is 2.39. The number of hydrogen-bond donors (Lipinski definition) is 1. The number of aromatic nitrogens is 3. The Morgan fingerprint density at radius 1 is 1.75 bits per heavy atom. The fraction of sp³-hybridized carbons (Fsp3) is 0.571. The summed E-state index contributed by atoms with van der Waals surface area (Å²) in [5.74, 6) is 0.791. The van der Waals surface area contributed by atoms with Crippen molar-refractivity contribution >= 4 is 16.9 Å². The maximum absolute atomic E-state index is 10.9. The van der Waals surface area contributed by atoms with Crippen LogP contribution in [0.25, 0.3) is 0 Å². The van der Waals surface area contributed by atoms with Crippen LogP contribution in [0.2, 0.25) is 0 Å². The highest BCUT2D eigenvalue weighted by Gasteiger charge is 2.00. The van der Waals surface area contributed by atoms with E-state index in [9.17, 15) is 4.79 Å². The second kappa shape index (κ2) is 4.92. The molecule has 0 saturated heterocycles. The van der Waals surface area contributed by atoms with Gasteiger partial charge in [0.05, 0.1) is 11.9 Å². The summed E-state index contributed by atoms with van der Waals surface area (Å²) in [6.45, 7) is 1.87. The summed E-state index contributed by atoms with van der Waals surface area (Å²) in [6, 6.07) is 0. The fourth-order valence-electron chi connectivity index (χ4n) is 0.717. The van der Waals surface area contributed by atoms with Gasteiger partial charge in [-0.25, -0.2) is 0 Å². The Labute approximate surface area is 75.1 Å². The van der Waals surface area contributed by atoms with Crippen molar-refractivity contribution in [2.24, 2.45) is 0 Å². The maximum atomic E-state index is 10.9. The minimum atomic E-state index is 0.235. The Morgan fingerprint density at radius 2 is 2.58 bits per heavy atom. The Hall–Kier alpha value is -0.840. The summed E-state index contributed by atoms with van der Waals surface area (Å²) in [5.41, 5.74) is 0.909. The van der Waals surface area contributed by atoms with Crippen LogP contribution in [0.15, 0.2) is 6.20 Å². The van der Waals surface area contributed by atoms with Crippen molar-refractivity contribution in [3.8, 4) is 0 Å². The van der Waals surface area contributed by atoms with E-state index in [2.05, 4.69) is 15.4 Å². The Morgan fingerprint density at radius 3 is 3.17 bits per heavy atom. The minimum Gasteiger partial charge on any atom is -0.287 e. The summed E-state index contributed by atoms with van der Waals surface area (Å²) < 4.78 is 0. The van der Waals surface area contributed by atoms with Gasteiger partial charge in [-0.05, 0) is 0 Å². The van der Waals surface area contributed by atoms with Crippen LogP contribution < -0.4 is 0 Å². The molecule has 0 amide bonds. The summed E-state index contributed by atoms with van der Waals surface area (Å²) in [5, 5.41) is 10.3. The van der Waals surface area contributed by atoms with Crippen molar-refractivity contribution in [2.45, 2.75) is 19.8 Å². The average molecular weight is 185 g/mol. The Balaban J connectivity index is 2.15. The number of carbonyl (C=O) groups is 1. The fourth-order valence-corrected chi connectivity index (χ4v) is 1.46. The molecule has 0 radical (unpaired) electrons. The van der Waals surface area contributed by atoms with Crippen molar-refractivity contribution < 1.29 is 4.79 Å². The summed E-state index contributed by atoms with van der Waals surface area (Å²) >= 11 is 1.35. The van der Waals surface area contributed by atoms with Gasteiger partial charge in [-0.1, -0.05) is 18.7 Å². The topological polar surface area (TPSA) is 58.6 Å². The lowest BCUT2D eigenvalue weighted by Gasteiger charge is -1.94. The van der Waals surface area contributed by atoms with Gasteiger partial charge in [0.2, 0.25) is 0 Å². The molecule has 1 rings (SSSR count). The second-order valence-corrected chi connectivity index (χ2v) is 3.44. The molecule has 66 valence electrons. The van der Waals surface area contributed by atoms with Gasteiger partial charge in [0.25, 0.3) is 0 Å². The summed E-state index contributed by atoms with van der Waals surface area (Å²) in [6.07, 6.45) is 3.08. The molecule has 0 unspecified atom stereocenters. The molecule has 4 nitrogen and oxygen atoms in total. The normalized spacial score (nSPS) is 10.1. The van der Waals surface area contributed by atoms with Gasteiger partial charge < -0.3 is 0 Å². The molecule has 0 atom stereocenters. The zero-order chi connectivity index (χ0) is 8.81. The van der Waals surface area contributed by atoms with E-state index in [0.717, 1.165) is 17.9 Å². The first-order valence-electron chi connectivity index (χ1n) is 3.83. The zero-order valence-corrected chi connectivity index (χ0v) is 7.73. The molecular formula is C7H11N3OS. The maximum Gasteiger partial charge on any atom is 0.188 e. The molecule has 0 aliphatic heterocycles. The number of nitrogens with one attached hydrogen (secondary N) is 1. The molecule has 12 heavy (non-hydrogen) atoms. The molecule has 0 saturated carbocycles. The van der Waals surface area contributed by atoms with Crippen LogP contribution >= 0.6 is 11.8 Å². The summed E-state index contributed by atoms with van der Waals surface area (Å²) in [4.78, 5) is 10.9. The quantitative estimate of drug-likeness (QED) is 0.760. The van der Waals surface area contributed by atoms with E-state index in [0.29, 0.717) is 6.42 Å². The van der Waals surface area contributed by atoms with E-state index < -0.39 is 0 Å². The van der Waals surface area contributed by atoms with Crippen molar-refractivity contribution in [1.29, 1.82) is 0 Å². The number of carbonyl (C=O) groups excluding carboxylic acids is 1. The SMILES string of the molecule is CCC(=O)SCCc1cn[nH]n1. The van der Waals surface area contributed by atoms with Crippen molar-refractivity contribution in [2.75, 3.05) is 5.75 Å². The van der Waals surface area contributed by atoms with Crippen molar-refractivity contribution in [3.05, 3.63) is 11.9 Å². The summed E-state index contributed by atoms with van der Waals surface area (Å²) in [7, 11) is 0. The average Bonchev–Trinajstić information content (AvgIpc) is 2.57. The molecule has 1 aromatic heterocycles. The highest BCUT2D eigenvalue weighted by Crippen LogP contribution is 2.06. The Kier molecular flexibility index (Phi) is 3.79. The lowest BCUT2D eigenvalue weighted by atomic mass is 10.4. The molecule has 0 aliphatic carbocycles. The number of H-pyrrole nitrogens is 1. The van der Waals surface area contributed by atoms with Gasteiger partial charge in [-0.3, -0.25) is 4.79 Å². The molecule has 0 aliphatic rings. The number of nitrogens with zero attached hydrogens (tertiary/aromatic N) is 2. The molecule has 0 aromatic carbocycles. The third kappa shape index (κ3) is 3.04. The highest BCUT2D eigenvalue weighted by molar-refractivity contribution is 8.13. The first-order valence-corrected chi connectivity index (χ1v) is 4.81. The van der Waals surface area contributed by atoms with E-state index in [1.807, 2.05) is 6.92 Å². The monoisotopic (exact) mass is 185 g/mol.